The van der Waals surface area contributed by atoms with Gasteiger partial charge in [-0.05, 0) is 37.1 Å². The largest absolute Gasteiger partial charge is 0.507 e. The number of phenolic OH excluding ortho intramolecular Hbond substituents is 1. The van der Waals surface area contributed by atoms with Gasteiger partial charge in [-0.2, -0.15) is 0 Å². The fourth-order valence-electron chi connectivity index (χ4n) is 2.40. The number of ketones is 1. The number of rotatable bonds is 8. The molecular weight excluding hydrogens is 336 g/mol. The molecular formula is C19H22N2O5. The van der Waals surface area contributed by atoms with E-state index in [1.54, 1.807) is 24.3 Å². The molecule has 1 heterocycles. The summed E-state index contributed by atoms with van der Waals surface area (Å²) in [5.74, 6) is -0.257. The van der Waals surface area contributed by atoms with Gasteiger partial charge in [0.25, 0.3) is 5.91 Å². The quantitative estimate of drug-likeness (QED) is 0.622. The van der Waals surface area contributed by atoms with E-state index in [0.29, 0.717) is 17.9 Å². The molecule has 138 valence electrons. The first-order chi connectivity index (χ1) is 12.5. The molecule has 0 fully saturated rings. The summed E-state index contributed by atoms with van der Waals surface area (Å²) < 4.78 is 5.74. The lowest BCUT2D eigenvalue weighted by Gasteiger charge is -2.13. The number of carbonyl (C=O) groups is 2. The van der Waals surface area contributed by atoms with Crippen LogP contribution in [0.4, 0.5) is 0 Å². The van der Waals surface area contributed by atoms with Gasteiger partial charge in [0.1, 0.15) is 23.8 Å². The highest BCUT2D eigenvalue weighted by atomic mass is 16.5. The van der Waals surface area contributed by atoms with Crippen molar-refractivity contribution in [2.75, 3.05) is 13.2 Å². The molecule has 1 amide bonds. The number of aliphatic hydroxyl groups is 1. The minimum absolute atomic E-state index is 0.104. The average Bonchev–Trinajstić information content (AvgIpc) is 2.64. The van der Waals surface area contributed by atoms with Crippen LogP contribution in [-0.4, -0.2) is 40.0 Å². The van der Waals surface area contributed by atoms with Gasteiger partial charge in [-0.1, -0.05) is 13.0 Å². The van der Waals surface area contributed by atoms with E-state index in [2.05, 4.69) is 10.3 Å². The lowest BCUT2D eigenvalue weighted by molar-refractivity contribution is 0.0938. The average molecular weight is 358 g/mol. The Morgan fingerprint density at radius 2 is 2.04 bits per heavy atom. The number of aromatic nitrogens is 1. The van der Waals surface area contributed by atoms with Gasteiger partial charge in [-0.3, -0.25) is 9.59 Å². The van der Waals surface area contributed by atoms with Crippen molar-refractivity contribution in [1.29, 1.82) is 0 Å². The molecule has 1 aromatic heterocycles. The SMILES string of the molecule is CCc1cc(C(C)=O)c(O)cc1OCc1cccc(C(=O)NCCO)n1. The molecule has 0 aliphatic rings. The standard InChI is InChI=1S/C19H22N2O5/c1-3-13-9-15(12(2)23)17(24)10-18(13)26-11-14-5-4-6-16(21-14)19(25)20-7-8-22/h4-6,9-10,22,24H,3,7-8,11H2,1-2H3,(H,20,25). The molecule has 7 heteroatoms. The second-order valence-electron chi connectivity index (χ2n) is 5.67. The Bertz CT molecular complexity index is 805. The number of ether oxygens (including phenoxy) is 1. The summed E-state index contributed by atoms with van der Waals surface area (Å²) in [4.78, 5) is 27.7. The number of hydrogen-bond acceptors (Lipinski definition) is 6. The van der Waals surface area contributed by atoms with E-state index >= 15 is 0 Å². The number of benzene rings is 1. The number of aliphatic hydroxyl groups excluding tert-OH is 1. The van der Waals surface area contributed by atoms with Gasteiger partial charge in [-0.15, -0.1) is 0 Å². The van der Waals surface area contributed by atoms with Crippen LogP contribution in [0.2, 0.25) is 0 Å². The number of aryl methyl sites for hydroxylation is 1. The molecule has 0 unspecified atom stereocenters. The first-order valence-corrected chi connectivity index (χ1v) is 8.30. The van der Waals surface area contributed by atoms with E-state index in [1.165, 1.54) is 13.0 Å². The molecule has 0 bridgehead atoms. The second kappa shape index (κ2) is 8.96. The predicted octanol–water partition coefficient (Wildman–Crippen LogP) is 1.85. The maximum Gasteiger partial charge on any atom is 0.269 e. The molecule has 0 saturated carbocycles. The fraction of sp³-hybridized carbons (Fsp3) is 0.316. The minimum atomic E-state index is -0.376. The maximum absolute atomic E-state index is 11.9. The summed E-state index contributed by atoms with van der Waals surface area (Å²) in [5, 5.41) is 21.3. The Balaban J connectivity index is 2.15. The van der Waals surface area contributed by atoms with Crippen LogP contribution in [0.15, 0.2) is 30.3 Å². The molecule has 0 aliphatic carbocycles. The minimum Gasteiger partial charge on any atom is -0.507 e. The van der Waals surface area contributed by atoms with Gasteiger partial charge < -0.3 is 20.3 Å². The smallest absolute Gasteiger partial charge is 0.269 e. The zero-order valence-corrected chi connectivity index (χ0v) is 14.8. The van der Waals surface area contributed by atoms with Crippen molar-refractivity contribution in [2.45, 2.75) is 26.9 Å². The molecule has 0 aliphatic heterocycles. The molecule has 0 saturated heterocycles. The van der Waals surface area contributed by atoms with Crippen molar-refractivity contribution in [3.63, 3.8) is 0 Å². The zero-order chi connectivity index (χ0) is 19.1. The molecule has 2 aromatic rings. The van der Waals surface area contributed by atoms with Crippen LogP contribution in [0, 0.1) is 0 Å². The monoisotopic (exact) mass is 358 g/mol. The van der Waals surface area contributed by atoms with Gasteiger partial charge >= 0.3 is 0 Å². The third-order valence-corrected chi connectivity index (χ3v) is 3.75. The molecule has 2 rings (SSSR count). The van der Waals surface area contributed by atoms with Crippen molar-refractivity contribution in [2.24, 2.45) is 0 Å². The predicted molar refractivity (Wildman–Crippen MR) is 95.5 cm³/mol. The van der Waals surface area contributed by atoms with Gasteiger partial charge in [0.15, 0.2) is 5.78 Å². The van der Waals surface area contributed by atoms with E-state index < -0.39 is 0 Å². The highest BCUT2D eigenvalue weighted by molar-refractivity contribution is 5.97. The lowest BCUT2D eigenvalue weighted by Crippen LogP contribution is -2.27. The van der Waals surface area contributed by atoms with E-state index in [1.807, 2.05) is 6.92 Å². The molecule has 0 radical (unpaired) electrons. The van der Waals surface area contributed by atoms with Crippen molar-refractivity contribution >= 4 is 11.7 Å². The first kappa shape index (κ1) is 19.4. The second-order valence-corrected chi connectivity index (χ2v) is 5.67. The summed E-state index contributed by atoms with van der Waals surface area (Å²) in [6.07, 6.45) is 0.632. The summed E-state index contributed by atoms with van der Waals surface area (Å²) in [6.45, 7) is 3.43. The lowest BCUT2D eigenvalue weighted by atomic mass is 10.0. The van der Waals surface area contributed by atoms with Crippen molar-refractivity contribution in [1.82, 2.24) is 10.3 Å². The number of nitrogens with one attached hydrogen (secondary N) is 1. The Kier molecular flexibility index (Phi) is 6.68. The number of phenols is 1. The Hall–Kier alpha value is -2.93. The third kappa shape index (κ3) is 4.80. The van der Waals surface area contributed by atoms with Crippen LogP contribution in [0.5, 0.6) is 11.5 Å². The van der Waals surface area contributed by atoms with Crippen LogP contribution in [-0.2, 0) is 13.0 Å². The van der Waals surface area contributed by atoms with Gasteiger partial charge in [0.05, 0.1) is 17.9 Å². The summed E-state index contributed by atoms with van der Waals surface area (Å²) in [5.41, 5.74) is 1.82. The number of amides is 1. The van der Waals surface area contributed by atoms with Crippen LogP contribution in [0.25, 0.3) is 0 Å². The van der Waals surface area contributed by atoms with E-state index in [4.69, 9.17) is 9.84 Å². The molecule has 0 spiro atoms. The first-order valence-electron chi connectivity index (χ1n) is 8.30. The third-order valence-electron chi connectivity index (χ3n) is 3.75. The number of Topliss-reactive ketones (excluding diaryl/α,β-unsaturated/α-hetero) is 1. The topological polar surface area (TPSA) is 109 Å². The summed E-state index contributed by atoms with van der Waals surface area (Å²) in [6, 6.07) is 8.03. The molecule has 26 heavy (non-hydrogen) atoms. The van der Waals surface area contributed by atoms with E-state index in [-0.39, 0.29) is 48.5 Å². The van der Waals surface area contributed by atoms with Crippen molar-refractivity contribution in [3.8, 4) is 11.5 Å². The van der Waals surface area contributed by atoms with Crippen molar-refractivity contribution < 1.29 is 24.5 Å². The summed E-state index contributed by atoms with van der Waals surface area (Å²) in [7, 11) is 0. The molecule has 0 atom stereocenters. The Labute approximate surface area is 151 Å². The highest BCUT2D eigenvalue weighted by Crippen LogP contribution is 2.29. The number of nitrogens with zero attached hydrogens (tertiary/aromatic N) is 1. The normalized spacial score (nSPS) is 10.4. The highest BCUT2D eigenvalue weighted by Gasteiger charge is 2.13. The van der Waals surface area contributed by atoms with Gasteiger partial charge in [0.2, 0.25) is 0 Å². The number of aromatic hydroxyl groups is 1. The number of pyridine rings is 1. The van der Waals surface area contributed by atoms with Crippen LogP contribution >= 0.6 is 0 Å². The van der Waals surface area contributed by atoms with E-state index in [9.17, 15) is 14.7 Å². The Morgan fingerprint density at radius 3 is 2.69 bits per heavy atom. The van der Waals surface area contributed by atoms with E-state index in [0.717, 1.165) is 5.56 Å². The zero-order valence-electron chi connectivity index (χ0n) is 14.8. The molecule has 3 N–H and O–H groups in total. The van der Waals surface area contributed by atoms with Gasteiger partial charge in [-0.25, -0.2) is 4.98 Å². The maximum atomic E-state index is 11.9. The fourth-order valence-corrected chi connectivity index (χ4v) is 2.40. The van der Waals surface area contributed by atoms with Gasteiger partial charge in [0, 0.05) is 12.6 Å². The number of carbonyl (C=O) groups excluding carboxylic acids is 2. The van der Waals surface area contributed by atoms with Crippen LogP contribution in [0.3, 0.4) is 0 Å². The Morgan fingerprint density at radius 1 is 1.27 bits per heavy atom. The van der Waals surface area contributed by atoms with Crippen LogP contribution in [0.1, 0.15) is 46.0 Å². The summed E-state index contributed by atoms with van der Waals surface area (Å²) >= 11 is 0. The van der Waals surface area contributed by atoms with Crippen molar-refractivity contribution in [3.05, 3.63) is 52.8 Å². The molecule has 1 aromatic carbocycles. The molecule has 7 nitrogen and oxygen atoms in total. The van der Waals surface area contributed by atoms with Crippen LogP contribution < -0.4 is 10.1 Å². The number of hydrogen-bond donors (Lipinski definition) is 3.